The molecule has 1 aliphatic heterocycles. The van der Waals surface area contributed by atoms with Crippen LogP contribution in [0.4, 0.5) is 8.78 Å². The molecule has 0 aromatic carbocycles. The molecule has 4 atom stereocenters. The molecule has 1 saturated heterocycles. The number of aromatic amines is 1. The molecule has 0 bridgehead atoms. The van der Waals surface area contributed by atoms with Crippen molar-refractivity contribution in [2.75, 3.05) is 0 Å². The minimum absolute atomic E-state index is 0.0812. The molecule has 0 aliphatic carbocycles. The van der Waals surface area contributed by atoms with Crippen LogP contribution in [-0.2, 0) is 9.16 Å². The Bertz CT molecular complexity index is 787. The van der Waals surface area contributed by atoms with Crippen molar-refractivity contribution in [3.63, 3.8) is 0 Å². The number of halogens is 2. The summed E-state index contributed by atoms with van der Waals surface area (Å²) in [4.78, 5) is 25.9. The number of ether oxygens (including phenoxy) is 1. The van der Waals surface area contributed by atoms with Gasteiger partial charge in [-0.05, 0) is 24.6 Å². The predicted octanol–water partition coefficient (Wildman–Crippen LogP) is 3.51. The number of rotatable bonds is 5. The molecule has 0 saturated carbocycles. The monoisotopic (exact) mass is 404 g/mol. The minimum atomic E-state index is -2.73. The summed E-state index contributed by atoms with van der Waals surface area (Å²) in [5.74, 6) is -0.638. The second kappa shape index (κ2) is 7.25. The van der Waals surface area contributed by atoms with Crippen LogP contribution < -0.4 is 11.2 Å². The summed E-state index contributed by atoms with van der Waals surface area (Å²) in [6, 6.07) is 1.17. The van der Waals surface area contributed by atoms with E-state index >= 15 is 0 Å². The second-order valence-corrected chi connectivity index (χ2v) is 13.5. The molecule has 1 aliphatic rings. The molecule has 0 amide bonds. The Kier molecular flexibility index (Phi) is 5.90. The predicted molar refractivity (Wildman–Crippen MR) is 102 cm³/mol. The number of hydrogen-bond donors (Lipinski definition) is 1. The molecule has 1 aromatic heterocycles. The highest BCUT2D eigenvalue weighted by Gasteiger charge is 2.60. The number of aromatic nitrogens is 2. The molecule has 9 heteroatoms. The zero-order chi connectivity index (χ0) is 20.8. The Morgan fingerprint density at radius 3 is 2.41 bits per heavy atom. The van der Waals surface area contributed by atoms with E-state index in [1.807, 2.05) is 13.1 Å². The van der Waals surface area contributed by atoms with Gasteiger partial charge in [-0.15, -0.1) is 0 Å². The van der Waals surface area contributed by atoms with E-state index in [1.165, 1.54) is 12.3 Å². The van der Waals surface area contributed by atoms with Gasteiger partial charge in [0.25, 0.3) is 12.0 Å². The summed E-state index contributed by atoms with van der Waals surface area (Å²) >= 11 is 0. The van der Waals surface area contributed by atoms with E-state index < -0.39 is 49.8 Å². The van der Waals surface area contributed by atoms with Gasteiger partial charge < -0.3 is 9.16 Å². The van der Waals surface area contributed by atoms with Crippen molar-refractivity contribution in [2.24, 2.45) is 5.92 Å². The smallest absolute Gasteiger partial charge is 0.330 e. The maximum atomic E-state index is 14.0. The number of nitrogens with zero attached hydrogens (tertiary/aromatic N) is 1. The number of nitrogens with one attached hydrogen (secondary N) is 1. The van der Waals surface area contributed by atoms with E-state index in [9.17, 15) is 18.4 Å². The van der Waals surface area contributed by atoms with E-state index in [-0.39, 0.29) is 11.5 Å². The molecule has 0 spiro atoms. The van der Waals surface area contributed by atoms with Crippen LogP contribution >= 0.6 is 0 Å². The third kappa shape index (κ3) is 3.81. The summed E-state index contributed by atoms with van der Waals surface area (Å²) in [6.45, 7) is 13.6. The SMILES string of the molecule is CC[C@@]1(C(F)F)O[C@@H](n2ccc(=O)[nH]c2=O)[C@@H](O[Si](C)(C)C(C)(C)C)[C@@H]1C. The second-order valence-electron chi connectivity index (χ2n) is 8.77. The standard InChI is InChI=1S/C18H30F2N2O4Si/c1-8-18(15(19)20)11(2)13(26-27(6,7)17(3,4)5)14(25-18)22-10-9-12(23)21-16(22)24/h9-11,13-15H,8H2,1-7H3,(H,21,23,24)/t11-,13-,14+,18+/m0/s1. The quantitative estimate of drug-likeness (QED) is 0.763. The fraction of sp³-hybridized carbons (Fsp3) is 0.778. The van der Waals surface area contributed by atoms with Gasteiger partial charge >= 0.3 is 5.69 Å². The Morgan fingerprint density at radius 1 is 1.37 bits per heavy atom. The highest BCUT2D eigenvalue weighted by molar-refractivity contribution is 6.74. The van der Waals surface area contributed by atoms with Crippen molar-refractivity contribution in [3.05, 3.63) is 33.1 Å². The Hall–Kier alpha value is -1.32. The molecule has 1 aromatic rings. The molecular weight excluding hydrogens is 374 g/mol. The van der Waals surface area contributed by atoms with Crippen LogP contribution in [0.2, 0.25) is 18.1 Å². The van der Waals surface area contributed by atoms with E-state index in [0.717, 1.165) is 4.57 Å². The van der Waals surface area contributed by atoms with Gasteiger partial charge in [-0.2, -0.15) is 0 Å². The molecular formula is C18H30F2N2O4Si. The molecule has 0 radical (unpaired) electrons. The van der Waals surface area contributed by atoms with Gasteiger partial charge in [0.2, 0.25) is 0 Å². The fourth-order valence-electron chi connectivity index (χ4n) is 3.25. The lowest BCUT2D eigenvalue weighted by Crippen LogP contribution is -2.49. The van der Waals surface area contributed by atoms with E-state index in [2.05, 4.69) is 25.8 Å². The largest absolute Gasteiger partial charge is 0.409 e. The van der Waals surface area contributed by atoms with Crippen molar-refractivity contribution < 1.29 is 17.9 Å². The topological polar surface area (TPSA) is 73.3 Å². The van der Waals surface area contributed by atoms with Crippen LogP contribution in [0.3, 0.4) is 0 Å². The molecule has 2 heterocycles. The lowest BCUT2D eigenvalue weighted by molar-refractivity contribution is -0.166. The van der Waals surface area contributed by atoms with Crippen molar-refractivity contribution >= 4 is 8.32 Å². The minimum Gasteiger partial charge on any atom is -0.409 e. The van der Waals surface area contributed by atoms with Crippen molar-refractivity contribution in [3.8, 4) is 0 Å². The number of H-pyrrole nitrogens is 1. The van der Waals surface area contributed by atoms with Crippen molar-refractivity contribution in [1.29, 1.82) is 0 Å². The lowest BCUT2D eigenvalue weighted by atomic mass is 9.85. The van der Waals surface area contributed by atoms with E-state index in [1.54, 1.807) is 13.8 Å². The first kappa shape index (κ1) is 22.0. The van der Waals surface area contributed by atoms with Crippen LogP contribution in [0.1, 0.15) is 47.3 Å². The zero-order valence-electron chi connectivity index (χ0n) is 17.0. The third-order valence-electron chi connectivity index (χ3n) is 6.17. The Balaban J connectivity index is 2.57. The first-order valence-electron chi connectivity index (χ1n) is 9.22. The summed E-state index contributed by atoms with van der Waals surface area (Å²) in [5, 5.41) is -0.143. The van der Waals surface area contributed by atoms with Gasteiger partial charge in [-0.3, -0.25) is 14.3 Å². The van der Waals surface area contributed by atoms with Crippen molar-refractivity contribution in [2.45, 2.75) is 83.5 Å². The average molecular weight is 405 g/mol. The van der Waals surface area contributed by atoms with Gasteiger partial charge in [-0.1, -0.05) is 34.6 Å². The van der Waals surface area contributed by atoms with E-state index in [4.69, 9.17) is 9.16 Å². The maximum absolute atomic E-state index is 14.0. The summed E-state index contributed by atoms with van der Waals surface area (Å²) in [7, 11) is -2.34. The fourth-order valence-corrected chi connectivity index (χ4v) is 4.61. The first-order chi connectivity index (χ1) is 12.3. The Morgan fingerprint density at radius 2 is 1.96 bits per heavy atom. The van der Waals surface area contributed by atoms with Gasteiger partial charge in [-0.25, -0.2) is 13.6 Å². The number of alkyl halides is 2. The molecule has 2 rings (SSSR count). The summed E-state index contributed by atoms with van der Waals surface area (Å²) < 4.78 is 41.5. The zero-order valence-corrected chi connectivity index (χ0v) is 18.0. The van der Waals surface area contributed by atoms with Gasteiger partial charge in [0.05, 0.1) is 6.10 Å². The highest BCUT2D eigenvalue weighted by atomic mass is 28.4. The van der Waals surface area contributed by atoms with Gasteiger partial charge in [0.15, 0.2) is 14.5 Å². The highest BCUT2D eigenvalue weighted by Crippen LogP contribution is 2.50. The average Bonchev–Trinajstić information content (AvgIpc) is 2.80. The van der Waals surface area contributed by atoms with Crippen LogP contribution in [0.25, 0.3) is 0 Å². The van der Waals surface area contributed by atoms with Crippen LogP contribution in [0, 0.1) is 5.92 Å². The van der Waals surface area contributed by atoms with Crippen LogP contribution in [-0.4, -0.2) is 36.0 Å². The summed E-state index contributed by atoms with van der Waals surface area (Å²) in [6.07, 6.45) is -3.14. The van der Waals surface area contributed by atoms with Gasteiger partial charge in [0, 0.05) is 18.2 Å². The summed E-state index contributed by atoms with van der Waals surface area (Å²) in [5.41, 5.74) is -2.97. The normalized spacial score (nSPS) is 29.5. The Labute approximate surface area is 159 Å². The van der Waals surface area contributed by atoms with Gasteiger partial charge in [0.1, 0.15) is 5.60 Å². The molecule has 27 heavy (non-hydrogen) atoms. The van der Waals surface area contributed by atoms with Crippen LogP contribution in [0.5, 0.6) is 0 Å². The van der Waals surface area contributed by atoms with E-state index in [0.29, 0.717) is 0 Å². The number of hydrogen-bond acceptors (Lipinski definition) is 4. The molecule has 0 unspecified atom stereocenters. The molecule has 1 fully saturated rings. The maximum Gasteiger partial charge on any atom is 0.330 e. The third-order valence-corrected chi connectivity index (χ3v) is 10.6. The first-order valence-corrected chi connectivity index (χ1v) is 12.1. The van der Waals surface area contributed by atoms with Crippen molar-refractivity contribution in [1.82, 2.24) is 9.55 Å². The molecule has 6 nitrogen and oxygen atoms in total. The van der Waals surface area contributed by atoms with Crippen LogP contribution in [0.15, 0.2) is 21.9 Å². The molecule has 154 valence electrons. The lowest BCUT2D eigenvalue weighted by Gasteiger charge is -2.41. The molecule has 1 N–H and O–H groups in total.